The van der Waals surface area contributed by atoms with Gasteiger partial charge in [-0.05, 0) is 68.3 Å². The van der Waals surface area contributed by atoms with Crippen molar-refractivity contribution in [3.63, 3.8) is 0 Å². The number of H-pyrrole nitrogens is 1. The normalized spacial score (nSPS) is 11.4. The Kier molecular flexibility index (Phi) is 6.27. The number of aryl methyl sites for hydroxylation is 1. The van der Waals surface area contributed by atoms with Gasteiger partial charge in [0.2, 0.25) is 0 Å². The molecule has 168 valence electrons. The highest BCUT2D eigenvalue weighted by Gasteiger charge is 2.28. The molecule has 4 aromatic rings. The van der Waals surface area contributed by atoms with E-state index in [9.17, 15) is 9.90 Å². The lowest BCUT2D eigenvalue weighted by Gasteiger charge is -2.19. The van der Waals surface area contributed by atoms with Crippen LogP contribution in [0.25, 0.3) is 22.6 Å². The van der Waals surface area contributed by atoms with Crippen LogP contribution < -0.4 is 4.74 Å². The second-order valence-electron chi connectivity index (χ2n) is 8.79. The van der Waals surface area contributed by atoms with Crippen LogP contribution in [0.5, 0.6) is 5.75 Å². The van der Waals surface area contributed by atoms with Gasteiger partial charge in [0.1, 0.15) is 18.2 Å². The van der Waals surface area contributed by atoms with Gasteiger partial charge in [-0.15, -0.1) is 0 Å². The van der Waals surface area contributed by atoms with Gasteiger partial charge in [-0.3, -0.25) is 9.78 Å². The Morgan fingerprint density at radius 3 is 2.36 bits per heavy atom. The molecule has 0 spiro atoms. The van der Waals surface area contributed by atoms with Crippen LogP contribution in [0.3, 0.4) is 0 Å². The smallest absolute Gasteiger partial charge is 0.312 e. The van der Waals surface area contributed by atoms with Crippen molar-refractivity contribution in [2.75, 3.05) is 6.61 Å². The van der Waals surface area contributed by atoms with E-state index in [1.54, 1.807) is 13.8 Å². The predicted molar refractivity (Wildman–Crippen MR) is 128 cm³/mol. The number of benzene rings is 2. The summed E-state index contributed by atoms with van der Waals surface area (Å²) >= 11 is 0. The van der Waals surface area contributed by atoms with Crippen LogP contribution >= 0.6 is 0 Å². The van der Waals surface area contributed by atoms with E-state index in [4.69, 9.17) is 4.74 Å². The van der Waals surface area contributed by atoms with Gasteiger partial charge in [0.25, 0.3) is 0 Å². The molecule has 0 amide bonds. The number of hydrogen-bond donors (Lipinski definition) is 2. The first-order chi connectivity index (χ1) is 15.8. The second-order valence-corrected chi connectivity index (χ2v) is 8.79. The van der Waals surface area contributed by atoms with Gasteiger partial charge in [0, 0.05) is 35.6 Å². The first-order valence-corrected chi connectivity index (χ1v) is 10.8. The van der Waals surface area contributed by atoms with Gasteiger partial charge in [0.15, 0.2) is 0 Å². The molecular weight excluding hydrogens is 414 g/mol. The molecule has 0 atom stereocenters. The molecule has 6 heteroatoms. The van der Waals surface area contributed by atoms with E-state index in [-0.39, 0.29) is 6.61 Å². The highest BCUT2D eigenvalue weighted by atomic mass is 16.5. The summed E-state index contributed by atoms with van der Waals surface area (Å²) in [6.07, 6.45) is 4.49. The Morgan fingerprint density at radius 2 is 1.70 bits per heavy atom. The number of ether oxygens (including phenoxy) is 1. The van der Waals surface area contributed by atoms with Crippen LogP contribution in [0.2, 0.25) is 0 Å². The highest BCUT2D eigenvalue weighted by molar-refractivity contribution is 5.73. The number of aliphatic carboxylic acids is 1. The quantitative estimate of drug-likeness (QED) is 0.375. The van der Waals surface area contributed by atoms with Gasteiger partial charge >= 0.3 is 5.97 Å². The van der Waals surface area contributed by atoms with Crippen molar-refractivity contribution in [1.82, 2.24) is 15.0 Å². The summed E-state index contributed by atoms with van der Waals surface area (Å²) in [5.74, 6) is 0.533. The molecule has 2 aromatic carbocycles. The Hall–Kier alpha value is -3.93. The Balaban J connectivity index is 1.42. The van der Waals surface area contributed by atoms with E-state index >= 15 is 0 Å². The molecule has 0 fully saturated rings. The summed E-state index contributed by atoms with van der Waals surface area (Å²) in [6.45, 7) is 5.49. The van der Waals surface area contributed by atoms with Crippen LogP contribution in [0.15, 0.2) is 73.1 Å². The summed E-state index contributed by atoms with van der Waals surface area (Å²) in [5.41, 5.74) is 5.37. The van der Waals surface area contributed by atoms with Gasteiger partial charge in [0.05, 0.1) is 11.1 Å². The SMILES string of the molecule is Cc1ccccc1Cc1cnc(-c2ccc(-c3ccc(OCC(C)(C)C(=O)O)cc3)nc2)[nH]1. The topological polar surface area (TPSA) is 88.1 Å². The molecule has 0 aliphatic rings. The number of nitrogens with one attached hydrogen (secondary N) is 1. The van der Waals surface area contributed by atoms with E-state index in [0.717, 1.165) is 34.8 Å². The van der Waals surface area contributed by atoms with Crippen LogP contribution in [-0.4, -0.2) is 32.6 Å². The Labute approximate surface area is 193 Å². The van der Waals surface area contributed by atoms with E-state index in [1.807, 2.05) is 54.9 Å². The van der Waals surface area contributed by atoms with Crippen LogP contribution in [0.4, 0.5) is 0 Å². The molecule has 2 N–H and O–H groups in total. The number of nitrogens with zero attached hydrogens (tertiary/aromatic N) is 2. The first-order valence-electron chi connectivity index (χ1n) is 10.8. The maximum Gasteiger partial charge on any atom is 0.312 e. The number of rotatable bonds is 8. The number of pyridine rings is 1. The minimum atomic E-state index is -0.943. The van der Waals surface area contributed by atoms with E-state index in [0.29, 0.717) is 5.75 Å². The highest BCUT2D eigenvalue weighted by Crippen LogP contribution is 2.25. The third-order valence-electron chi connectivity index (χ3n) is 5.64. The molecule has 33 heavy (non-hydrogen) atoms. The number of carbonyl (C=O) groups is 1. The molecule has 0 aliphatic heterocycles. The lowest BCUT2D eigenvalue weighted by atomic mass is 9.95. The zero-order chi connectivity index (χ0) is 23.4. The standard InChI is InChI=1S/C27H27N3O3/c1-18-6-4-5-7-20(18)14-22-16-29-25(30-22)21-10-13-24(28-15-21)19-8-11-23(12-9-19)33-17-27(2,3)26(31)32/h4-13,15-16H,14,17H2,1-3H3,(H,29,30)(H,31,32). The third kappa shape index (κ3) is 5.29. The zero-order valence-corrected chi connectivity index (χ0v) is 19.0. The van der Waals surface area contributed by atoms with Crippen molar-refractivity contribution >= 4 is 5.97 Å². The summed E-state index contributed by atoms with van der Waals surface area (Å²) in [5, 5.41) is 9.20. The molecular formula is C27H27N3O3. The van der Waals surface area contributed by atoms with Gasteiger partial charge in [-0.25, -0.2) is 4.98 Å². The maximum atomic E-state index is 11.2. The van der Waals surface area contributed by atoms with Crippen molar-refractivity contribution in [1.29, 1.82) is 0 Å². The number of carboxylic acid groups (broad SMARTS) is 1. The lowest BCUT2D eigenvalue weighted by Crippen LogP contribution is -2.30. The fourth-order valence-electron chi connectivity index (χ4n) is 3.36. The first kappa shape index (κ1) is 22.3. The van der Waals surface area contributed by atoms with Crippen LogP contribution in [-0.2, 0) is 11.2 Å². The molecule has 2 heterocycles. The van der Waals surface area contributed by atoms with Gasteiger partial charge in [-0.2, -0.15) is 0 Å². The monoisotopic (exact) mass is 441 g/mol. The molecule has 6 nitrogen and oxygen atoms in total. The van der Waals surface area contributed by atoms with Gasteiger partial charge < -0.3 is 14.8 Å². The number of hydrogen-bond acceptors (Lipinski definition) is 4. The van der Waals surface area contributed by atoms with Crippen molar-refractivity contribution in [3.05, 3.63) is 89.9 Å². The third-order valence-corrected chi connectivity index (χ3v) is 5.64. The molecule has 0 aliphatic carbocycles. The fraction of sp³-hybridized carbons (Fsp3) is 0.222. The molecule has 0 saturated carbocycles. The summed E-state index contributed by atoms with van der Waals surface area (Å²) in [4.78, 5) is 23.7. The maximum absolute atomic E-state index is 11.2. The Morgan fingerprint density at radius 1 is 0.970 bits per heavy atom. The average molecular weight is 442 g/mol. The molecule has 0 unspecified atom stereocenters. The second kappa shape index (κ2) is 9.28. The molecule has 4 rings (SSSR count). The van der Waals surface area contributed by atoms with Crippen molar-refractivity contribution in [2.24, 2.45) is 5.41 Å². The van der Waals surface area contributed by atoms with Crippen molar-refractivity contribution in [3.8, 4) is 28.4 Å². The largest absolute Gasteiger partial charge is 0.492 e. The zero-order valence-electron chi connectivity index (χ0n) is 19.0. The van der Waals surface area contributed by atoms with E-state index in [1.165, 1.54) is 11.1 Å². The summed E-state index contributed by atoms with van der Waals surface area (Å²) in [7, 11) is 0. The molecule has 2 aromatic heterocycles. The average Bonchev–Trinajstić information content (AvgIpc) is 3.28. The lowest BCUT2D eigenvalue weighted by molar-refractivity contribution is -0.148. The van der Waals surface area contributed by atoms with Crippen LogP contribution in [0, 0.1) is 12.3 Å². The Bertz CT molecular complexity index is 1240. The molecule has 0 radical (unpaired) electrons. The van der Waals surface area contributed by atoms with Crippen LogP contribution in [0.1, 0.15) is 30.7 Å². The van der Waals surface area contributed by atoms with E-state index < -0.39 is 11.4 Å². The fourth-order valence-corrected chi connectivity index (χ4v) is 3.36. The summed E-state index contributed by atoms with van der Waals surface area (Å²) < 4.78 is 5.64. The van der Waals surface area contributed by atoms with Gasteiger partial charge in [-0.1, -0.05) is 24.3 Å². The predicted octanol–water partition coefficient (Wildman–Crippen LogP) is 5.53. The molecule has 0 saturated heterocycles. The minimum absolute atomic E-state index is 0.101. The van der Waals surface area contributed by atoms with Crippen molar-refractivity contribution in [2.45, 2.75) is 27.2 Å². The molecule has 0 bridgehead atoms. The number of aromatic amines is 1. The number of aromatic nitrogens is 3. The minimum Gasteiger partial charge on any atom is -0.492 e. The van der Waals surface area contributed by atoms with E-state index in [2.05, 4.69) is 40.1 Å². The van der Waals surface area contributed by atoms with Crippen molar-refractivity contribution < 1.29 is 14.6 Å². The number of imidazole rings is 1. The summed E-state index contributed by atoms with van der Waals surface area (Å²) in [6, 6.07) is 19.8. The number of carboxylic acids is 1.